The van der Waals surface area contributed by atoms with E-state index in [2.05, 4.69) is 20.8 Å². The molecule has 5 rings (SSSR count). The maximum absolute atomic E-state index is 12.9. The number of nitrogens with zero attached hydrogens (tertiary/aromatic N) is 3. The SMILES string of the molecule is Cc1ccc(S(=O)(=O)N=C2CN3C(=N2)NC(c2ccccc2)=CC3c2ccc(Cl)cc2)cc1. The number of rotatable bonds is 4. The van der Waals surface area contributed by atoms with Crippen molar-refractivity contribution in [3.63, 3.8) is 0 Å². The summed E-state index contributed by atoms with van der Waals surface area (Å²) < 4.78 is 29.8. The lowest BCUT2D eigenvalue weighted by atomic mass is 10.00. The zero-order valence-electron chi connectivity index (χ0n) is 17.8. The fourth-order valence-corrected chi connectivity index (χ4v) is 4.95. The van der Waals surface area contributed by atoms with Gasteiger partial charge in [-0.15, -0.1) is 4.40 Å². The summed E-state index contributed by atoms with van der Waals surface area (Å²) in [5.41, 5.74) is 3.91. The average molecular weight is 477 g/mol. The molecule has 166 valence electrons. The second-order valence-electron chi connectivity index (χ2n) is 7.93. The molecule has 0 bridgehead atoms. The van der Waals surface area contributed by atoms with Gasteiger partial charge >= 0.3 is 0 Å². The number of sulfonamides is 1. The molecule has 2 heterocycles. The Morgan fingerprint density at radius 1 is 1.00 bits per heavy atom. The first-order valence-corrected chi connectivity index (χ1v) is 12.3. The predicted octanol–water partition coefficient (Wildman–Crippen LogP) is 4.79. The molecular formula is C25H21ClN4O2S. The van der Waals surface area contributed by atoms with E-state index in [1.807, 2.05) is 66.4 Å². The lowest BCUT2D eigenvalue weighted by Crippen LogP contribution is -2.43. The normalized spacial score (nSPS) is 19.0. The van der Waals surface area contributed by atoms with Crippen molar-refractivity contribution in [2.75, 3.05) is 6.54 Å². The monoisotopic (exact) mass is 476 g/mol. The van der Waals surface area contributed by atoms with Crippen LogP contribution in [0.4, 0.5) is 0 Å². The van der Waals surface area contributed by atoms with Gasteiger partial charge in [-0.25, -0.2) is 0 Å². The highest BCUT2D eigenvalue weighted by molar-refractivity contribution is 7.90. The van der Waals surface area contributed by atoms with Gasteiger partial charge in [0.1, 0.15) is 0 Å². The van der Waals surface area contributed by atoms with Gasteiger partial charge in [0.15, 0.2) is 5.84 Å². The minimum atomic E-state index is -3.86. The zero-order valence-corrected chi connectivity index (χ0v) is 19.4. The Morgan fingerprint density at radius 3 is 2.39 bits per heavy atom. The van der Waals surface area contributed by atoms with Gasteiger partial charge in [-0.1, -0.05) is 71.8 Å². The lowest BCUT2D eigenvalue weighted by Gasteiger charge is -2.34. The first kappa shape index (κ1) is 21.4. The Labute approximate surface area is 198 Å². The molecular weight excluding hydrogens is 456 g/mol. The number of hydrogen-bond donors (Lipinski definition) is 1. The van der Waals surface area contributed by atoms with Crippen LogP contribution in [0.15, 0.2) is 99.2 Å². The van der Waals surface area contributed by atoms with Gasteiger partial charge in [0, 0.05) is 10.7 Å². The third kappa shape index (κ3) is 4.42. The number of fused-ring (bicyclic) bond motifs is 1. The molecule has 0 aromatic heterocycles. The van der Waals surface area contributed by atoms with Crippen molar-refractivity contribution in [2.24, 2.45) is 9.39 Å². The summed E-state index contributed by atoms with van der Waals surface area (Å²) in [4.78, 5) is 6.69. The number of hydrogen-bond acceptors (Lipinski definition) is 4. The molecule has 0 saturated heterocycles. The van der Waals surface area contributed by atoms with Crippen molar-refractivity contribution in [1.29, 1.82) is 0 Å². The van der Waals surface area contributed by atoms with Crippen LogP contribution in [-0.2, 0) is 10.0 Å². The van der Waals surface area contributed by atoms with Crippen LogP contribution in [0.2, 0.25) is 5.02 Å². The highest BCUT2D eigenvalue weighted by Gasteiger charge is 2.34. The molecule has 0 aliphatic carbocycles. The van der Waals surface area contributed by atoms with E-state index >= 15 is 0 Å². The van der Waals surface area contributed by atoms with Gasteiger partial charge in [0.25, 0.3) is 10.0 Å². The van der Waals surface area contributed by atoms with E-state index in [0.29, 0.717) is 11.0 Å². The third-order valence-corrected chi connectivity index (χ3v) is 7.14. The first-order valence-electron chi connectivity index (χ1n) is 10.4. The third-order valence-electron chi connectivity index (χ3n) is 5.57. The Bertz CT molecular complexity index is 1380. The molecule has 3 aromatic rings. The smallest absolute Gasteiger partial charge is 0.284 e. The van der Waals surface area contributed by atoms with Crippen LogP contribution in [0.5, 0.6) is 0 Å². The molecule has 1 N–H and O–H groups in total. The van der Waals surface area contributed by atoms with E-state index in [0.717, 1.165) is 22.4 Å². The van der Waals surface area contributed by atoms with Gasteiger partial charge in [-0.05, 0) is 48.4 Å². The molecule has 3 aromatic carbocycles. The summed E-state index contributed by atoms with van der Waals surface area (Å²) in [5, 5.41) is 4.00. The minimum absolute atomic E-state index is 0.149. The minimum Gasteiger partial charge on any atom is -0.325 e. The van der Waals surface area contributed by atoms with Crippen molar-refractivity contribution in [2.45, 2.75) is 17.9 Å². The first-order chi connectivity index (χ1) is 15.9. The van der Waals surface area contributed by atoms with Crippen LogP contribution in [0.1, 0.15) is 22.7 Å². The number of halogens is 1. The van der Waals surface area contributed by atoms with Gasteiger partial charge in [-0.3, -0.25) is 0 Å². The molecule has 33 heavy (non-hydrogen) atoms. The van der Waals surface area contributed by atoms with Crippen molar-refractivity contribution >= 4 is 39.1 Å². The van der Waals surface area contributed by atoms with Crippen molar-refractivity contribution in [3.8, 4) is 0 Å². The number of benzene rings is 3. The molecule has 2 aliphatic heterocycles. The largest absolute Gasteiger partial charge is 0.325 e. The summed E-state index contributed by atoms with van der Waals surface area (Å²) in [7, 11) is -3.86. The summed E-state index contributed by atoms with van der Waals surface area (Å²) in [6.07, 6.45) is 2.11. The van der Waals surface area contributed by atoms with Crippen LogP contribution in [0, 0.1) is 6.92 Å². The summed E-state index contributed by atoms with van der Waals surface area (Å²) in [6, 6.07) is 24.0. The predicted molar refractivity (Wildman–Crippen MR) is 132 cm³/mol. The van der Waals surface area contributed by atoms with Crippen LogP contribution in [0.3, 0.4) is 0 Å². The molecule has 6 nitrogen and oxygen atoms in total. The topological polar surface area (TPSA) is 74.1 Å². The van der Waals surface area contributed by atoms with Crippen LogP contribution in [-0.4, -0.2) is 31.7 Å². The molecule has 0 spiro atoms. The van der Waals surface area contributed by atoms with Crippen molar-refractivity contribution in [3.05, 3.63) is 107 Å². The maximum Gasteiger partial charge on any atom is 0.284 e. The second kappa shape index (κ2) is 8.50. The molecule has 0 saturated carbocycles. The van der Waals surface area contributed by atoms with Crippen LogP contribution < -0.4 is 5.32 Å². The Morgan fingerprint density at radius 2 is 1.70 bits per heavy atom. The fourth-order valence-electron chi connectivity index (χ4n) is 3.86. The Balaban J connectivity index is 1.53. The highest BCUT2D eigenvalue weighted by atomic mass is 35.5. The molecule has 2 aliphatic rings. The van der Waals surface area contributed by atoms with E-state index in [9.17, 15) is 8.42 Å². The summed E-state index contributed by atoms with van der Waals surface area (Å²) in [6.45, 7) is 2.17. The molecule has 0 radical (unpaired) electrons. The van der Waals surface area contributed by atoms with Crippen LogP contribution >= 0.6 is 11.6 Å². The number of aryl methyl sites for hydroxylation is 1. The van der Waals surface area contributed by atoms with Gasteiger partial charge < -0.3 is 10.2 Å². The maximum atomic E-state index is 12.9. The molecule has 1 unspecified atom stereocenters. The average Bonchev–Trinajstić information content (AvgIpc) is 3.21. The summed E-state index contributed by atoms with van der Waals surface area (Å²) >= 11 is 6.10. The van der Waals surface area contributed by atoms with Gasteiger partial charge in [0.2, 0.25) is 5.96 Å². The van der Waals surface area contributed by atoms with Crippen molar-refractivity contribution < 1.29 is 8.42 Å². The number of aliphatic imine (C=N–C) groups is 1. The van der Waals surface area contributed by atoms with Crippen LogP contribution in [0.25, 0.3) is 5.70 Å². The number of guanidine groups is 1. The van der Waals surface area contributed by atoms with E-state index in [1.165, 1.54) is 0 Å². The zero-order chi connectivity index (χ0) is 23.0. The molecule has 0 fully saturated rings. The second-order valence-corrected chi connectivity index (χ2v) is 9.97. The Kier molecular flexibility index (Phi) is 5.52. The van der Waals surface area contributed by atoms with E-state index in [1.54, 1.807) is 24.3 Å². The standard InChI is InChI=1S/C25H21ClN4O2S/c1-17-7-13-21(14-8-17)33(31,32)29-24-16-30-23(19-9-11-20(26)12-10-19)15-22(27-25(30)28-24)18-5-3-2-4-6-18/h2-15,23H,16H2,1H3,(H,27,28,29). The lowest BCUT2D eigenvalue weighted by molar-refractivity contribution is 0.405. The quantitative estimate of drug-likeness (QED) is 0.587. The van der Waals surface area contributed by atoms with Crippen molar-refractivity contribution in [1.82, 2.24) is 10.2 Å². The number of amidine groups is 1. The van der Waals surface area contributed by atoms with Gasteiger partial charge in [-0.2, -0.15) is 13.4 Å². The van der Waals surface area contributed by atoms with Gasteiger partial charge in [0.05, 0.1) is 17.5 Å². The van der Waals surface area contributed by atoms with E-state index in [4.69, 9.17) is 11.6 Å². The molecule has 8 heteroatoms. The number of nitrogens with one attached hydrogen (secondary N) is 1. The Hall–Kier alpha value is -3.42. The molecule has 0 amide bonds. The fraction of sp³-hybridized carbons (Fsp3) is 0.120. The highest BCUT2D eigenvalue weighted by Crippen LogP contribution is 2.32. The summed E-state index contributed by atoms with van der Waals surface area (Å²) in [5.74, 6) is 0.800. The van der Waals surface area contributed by atoms with E-state index < -0.39 is 10.0 Å². The van der Waals surface area contributed by atoms with E-state index in [-0.39, 0.29) is 23.3 Å². The molecule has 1 atom stereocenters.